The lowest BCUT2D eigenvalue weighted by molar-refractivity contribution is -0.132. The van der Waals surface area contributed by atoms with E-state index in [0.29, 0.717) is 37.6 Å². The van der Waals surface area contributed by atoms with Crippen molar-refractivity contribution in [2.24, 2.45) is 0 Å². The average Bonchev–Trinajstić information content (AvgIpc) is 3.08. The van der Waals surface area contributed by atoms with E-state index in [2.05, 4.69) is 15.6 Å². The number of anilines is 1. The number of halogens is 2. The molecule has 2 aliphatic rings. The van der Waals surface area contributed by atoms with Crippen LogP contribution in [0.3, 0.4) is 0 Å². The minimum absolute atomic E-state index is 0.0372. The number of pyridine rings is 1. The van der Waals surface area contributed by atoms with Gasteiger partial charge in [0.1, 0.15) is 0 Å². The Bertz CT molecular complexity index is 1010. The fraction of sp³-hybridized carbons (Fsp3) is 0.333. The second kappa shape index (κ2) is 8.29. The number of carbonyl (C=O) groups excluding carboxylic acids is 3. The van der Waals surface area contributed by atoms with E-state index in [-0.39, 0.29) is 18.7 Å². The predicted molar refractivity (Wildman–Crippen MR) is 107 cm³/mol. The molecule has 1 aromatic carbocycles. The van der Waals surface area contributed by atoms with Crippen molar-refractivity contribution in [2.75, 3.05) is 31.1 Å². The van der Waals surface area contributed by atoms with Gasteiger partial charge < -0.3 is 15.1 Å². The maximum Gasteiger partial charge on any atom is 0.322 e. The lowest BCUT2D eigenvalue weighted by atomic mass is 9.89. The van der Waals surface area contributed by atoms with Crippen LogP contribution >= 0.6 is 0 Å². The quantitative estimate of drug-likeness (QED) is 0.703. The number of nitrogens with zero attached hydrogens (tertiary/aromatic N) is 3. The molecule has 4 amide bonds. The summed E-state index contributed by atoms with van der Waals surface area (Å²) in [7, 11) is 0. The number of amides is 4. The molecule has 162 valence electrons. The number of imide groups is 1. The largest absolute Gasteiger partial charge is 0.368 e. The third-order valence-electron chi connectivity index (χ3n) is 5.66. The number of hydrogen-bond donors (Lipinski definition) is 2. The minimum Gasteiger partial charge on any atom is -0.368 e. The summed E-state index contributed by atoms with van der Waals surface area (Å²) in [6, 6.07) is 8.16. The van der Waals surface area contributed by atoms with Crippen molar-refractivity contribution < 1.29 is 23.2 Å². The lowest BCUT2D eigenvalue weighted by Crippen LogP contribution is -2.50. The van der Waals surface area contributed by atoms with Gasteiger partial charge in [-0.2, -0.15) is 0 Å². The topological polar surface area (TPSA) is 94.6 Å². The standard InChI is InChI=1S/C21H21F2N5O3/c22-15-5-4-14(13-16(15)23)27-9-11-28(12-10-27)18(29)6-7-21(17-3-1-2-8-24-17)19(30)25-20(31)26-21/h1-5,8,13H,6-7,9-12H2,(H2,25,26,30,31). The van der Waals surface area contributed by atoms with Crippen LogP contribution in [0.1, 0.15) is 18.5 Å². The molecule has 1 aromatic heterocycles. The molecule has 1 atom stereocenters. The molecule has 4 rings (SSSR count). The van der Waals surface area contributed by atoms with E-state index in [1.807, 2.05) is 4.90 Å². The highest BCUT2D eigenvalue weighted by Gasteiger charge is 2.48. The minimum atomic E-state index is -1.39. The van der Waals surface area contributed by atoms with Gasteiger partial charge in [-0.15, -0.1) is 0 Å². The van der Waals surface area contributed by atoms with Gasteiger partial charge in [0.25, 0.3) is 5.91 Å². The van der Waals surface area contributed by atoms with Crippen LogP contribution in [0.2, 0.25) is 0 Å². The number of nitrogens with one attached hydrogen (secondary N) is 2. The molecule has 0 spiro atoms. The number of piperazine rings is 1. The molecular formula is C21H21F2N5O3. The summed E-state index contributed by atoms with van der Waals surface area (Å²) in [6.45, 7) is 1.76. The summed E-state index contributed by atoms with van der Waals surface area (Å²) < 4.78 is 26.6. The first-order chi connectivity index (χ1) is 14.9. The Kier molecular flexibility index (Phi) is 5.53. The highest BCUT2D eigenvalue weighted by Crippen LogP contribution is 2.29. The second-order valence-corrected chi connectivity index (χ2v) is 7.49. The van der Waals surface area contributed by atoms with Gasteiger partial charge in [-0.3, -0.25) is 19.9 Å². The van der Waals surface area contributed by atoms with Crippen molar-refractivity contribution in [1.82, 2.24) is 20.5 Å². The molecule has 31 heavy (non-hydrogen) atoms. The molecule has 0 bridgehead atoms. The molecule has 1 unspecified atom stereocenters. The Morgan fingerprint density at radius 2 is 1.84 bits per heavy atom. The molecule has 8 nitrogen and oxygen atoms in total. The van der Waals surface area contributed by atoms with E-state index >= 15 is 0 Å². The van der Waals surface area contributed by atoms with Crippen LogP contribution in [0, 0.1) is 11.6 Å². The first kappa shape index (κ1) is 20.7. The van der Waals surface area contributed by atoms with E-state index in [0.717, 1.165) is 12.1 Å². The van der Waals surface area contributed by atoms with Crippen molar-refractivity contribution in [3.63, 3.8) is 0 Å². The SMILES string of the molecule is O=C1NC(=O)C(CCC(=O)N2CCN(c3ccc(F)c(F)c3)CC2)(c2ccccn2)N1. The lowest BCUT2D eigenvalue weighted by Gasteiger charge is -2.36. The number of aromatic nitrogens is 1. The summed E-state index contributed by atoms with van der Waals surface area (Å²) in [5.74, 6) is -2.50. The van der Waals surface area contributed by atoms with Gasteiger partial charge in [0, 0.05) is 50.6 Å². The molecule has 0 radical (unpaired) electrons. The first-order valence-electron chi connectivity index (χ1n) is 9.92. The summed E-state index contributed by atoms with van der Waals surface area (Å²) in [5.41, 5.74) is -0.457. The summed E-state index contributed by atoms with van der Waals surface area (Å²) >= 11 is 0. The molecule has 0 aliphatic carbocycles. The van der Waals surface area contributed by atoms with E-state index in [4.69, 9.17) is 0 Å². The van der Waals surface area contributed by atoms with Crippen LogP contribution in [0.5, 0.6) is 0 Å². The van der Waals surface area contributed by atoms with E-state index < -0.39 is 29.1 Å². The Balaban J connectivity index is 1.39. The summed E-state index contributed by atoms with van der Waals surface area (Å²) in [4.78, 5) is 44.8. The van der Waals surface area contributed by atoms with Crippen LogP contribution in [-0.2, 0) is 15.1 Å². The van der Waals surface area contributed by atoms with Gasteiger partial charge in [-0.25, -0.2) is 13.6 Å². The van der Waals surface area contributed by atoms with Gasteiger partial charge in [-0.05, 0) is 30.7 Å². The zero-order valence-corrected chi connectivity index (χ0v) is 16.6. The van der Waals surface area contributed by atoms with Crippen molar-refractivity contribution in [3.8, 4) is 0 Å². The average molecular weight is 429 g/mol. The summed E-state index contributed by atoms with van der Waals surface area (Å²) in [5, 5.41) is 4.85. The Labute approximate surface area is 177 Å². The third kappa shape index (κ3) is 4.05. The van der Waals surface area contributed by atoms with Crippen molar-refractivity contribution in [2.45, 2.75) is 18.4 Å². The molecule has 2 aliphatic heterocycles. The molecule has 0 saturated carbocycles. The van der Waals surface area contributed by atoms with Gasteiger partial charge >= 0.3 is 6.03 Å². The van der Waals surface area contributed by atoms with E-state index in [9.17, 15) is 23.2 Å². The molecule has 3 heterocycles. The van der Waals surface area contributed by atoms with Gasteiger partial charge in [0.05, 0.1) is 5.69 Å². The van der Waals surface area contributed by atoms with Gasteiger partial charge in [0.15, 0.2) is 17.2 Å². The van der Waals surface area contributed by atoms with Gasteiger partial charge in [0.2, 0.25) is 5.91 Å². The Morgan fingerprint density at radius 1 is 1.06 bits per heavy atom. The fourth-order valence-corrected chi connectivity index (χ4v) is 3.94. The molecule has 10 heteroatoms. The van der Waals surface area contributed by atoms with Crippen molar-refractivity contribution >= 4 is 23.5 Å². The summed E-state index contributed by atoms with van der Waals surface area (Å²) in [6.07, 6.45) is 1.63. The fourth-order valence-electron chi connectivity index (χ4n) is 3.94. The molecule has 2 saturated heterocycles. The smallest absolute Gasteiger partial charge is 0.322 e. The van der Waals surface area contributed by atoms with Crippen molar-refractivity contribution in [1.29, 1.82) is 0 Å². The maximum atomic E-state index is 13.5. The highest BCUT2D eigenvalue weighted by atomic mass is 19.2. The van der Waals surface area contributed by atoms with Crippen LogP contribution < -0.4 is 15.5 Å². The molecular weight excluding hydrogens is 408 g/mol. The Morgan fingerprint density at radius 3 is 2.45 bits per heavy atom. The van der Waals surface area contributed by atoms with Crippen LogP contribution in [0.4, 0.5) is 19.3 Å². The number of benzene rings is 1. The second-order valence-electron chi connectivity index (χ2n) is 7.49. The van der Waals surface area contributed by atoms with Crippen LogP contribution in [-0.4, -0.2) is 53.9 Å². The number of hydrogen-bond acceptors (Lipinski definition) is 5. The molecule has 2 N–H and O–H groups in total. The highest BCUT2D eigenvalue weighted by molar-refractivity contribution is 6.07. The molecule has 2 fully saturated rings. The molecule has 2 aromatic rings. The maximum absolute atomic E-state index is 13.5. The number of carbonyl (C=O) groups is 3. The predicted octanol–water partition coefficient (Wildman–Crippen LogP) is 1.52. The van der Waals surface area contributed by atoms with E-state index in [1.165, 1.54) is 12.3 Å². The zero-order chi connectivity index (χ0) is 22.0. The van der Waals surface area contributed by atoms with Gasteiger partial charge in [-0.1, -0.05) is 6.07 Å². The van der Waals surface area contributed by atoms with Crippen LogP contribution in [0.15, 0.2) is 42.6 Å². The third-order valence-corrected chi connectivity index (χ3v) is 5.66. The Hall–Kier alpha value is -3.56. The normalized spacial score (nSPS) is 21.1. The van der Waals surface area contributed by atoms with Crippen molar-refractivity contribution in [3.05, 3.63) is 59.9 Å². The van der Waals surface area contributed by atoms with Crippen LogP contribution in [0.25, 0.3) is 0 Å². The first-order valence-corrected chi connectivity index (χ1v) is 9.92. The number of rotatable bonds is 5. The monoisotopic (exact) mass is 429 g/mol. The van der Waals surface area contributed by atoms with E-state index in [1.54, 1.807) is 23.1 Å². The number of urea groups is 1. The zero-order valence-electron chi connectivity index (χ0n) is 16.6.